The fraction of sp³-hybridized carbons (Fsp3) is 0.462. The number of benzene rings is 1. The Morgan fingerprint density at radius 2 is 2.10 bits per heavy atom. The molecule has 1 fully saturated rings. The molecule has 1 aliphatic rings. The van der Waals surface area contributed by atoms with Crippen LogP contribution in [0.3, 0.4) is 0 Å². The molecule has 2 aromatic rings. The number of nitrogen functional groups attached to an aromatic ring is 1. The predicted octanol–water partition coefficient (Wildman–Crippen LogP) is 1.24. The SMILES string of the molecule is Nc1ccc2nc(CS(=O)(=O)C3CCOCC3)[nH]c2c1. The van der Waals surface area contributed by atoms with Gasteiger partial charge in [0.1, 0.15) is 11.6 Å². The van der Waals surface area contributed by atoms with Crippen molar-refractivity contribution in [1.82, 2.24) is 9.97 Å². The number of aromatic nitrogens is 2. The largest absolute Gasteiger partial charge is 0.399 e. The van der Waals surface area contributed by atoms with Crippen molar-refractivity contribution in [1.29, 1.82) is 0 Å². The number of fused-ring (bicyclic) bond motifs is 1. The summed E-state index contributed by atoms with van der Waals surface area (Å²) in [5.74, 6) is 0.406. The summed E-state index contributed by atoms with van der Waals surface area (Å²) in [4.78, 5) is 7.34. The van der Waals surface area contributed by atoms with Gasteiger partial charge in [0.05, 0.1) is 16.3 Å². The molecule has 0 atom stereocenters. The molecular weight excluding hydrogens is 278 g/mol. The molecule has 3 rings (SSSR count). The van der Waals surface area contributed by atoms with Crippen LogP contribution in [-0.4, -0.2) is 36.8 Å². The summed E-state index contributed by atoms with van der Waals surface area (Å²) in [6, 6.07) is 5.29. The molecule has 3 N–H and O–H groups in total. The van der Waals surface area contributed by atoms with Gasteiger partial charge in [-0.15, -0.1) is 0 Å². The Bertz CT molecular complexity index is 718. The van der Waals surface area contributed by atoms with E-state index >= 15 is 0 Å². The average Bonchev–Trinajstić information content (AvgIpc) is 2.80. The molecule has 1 aliphatic heterocycles. The van der Waals surface area contributed by atoms with Crippen molar-refractivity contribution in [2.24, 2.45) is 0 Å². The van der Waals surface area contributed by atoms with Crippen LogP contribution in [-0.2, 0) is 20.3 Å². The third kappa shape index (κ3) is 2.64. The number of imidazole rings is 1. The number of rotatable bonds is 3. The number of anilines is 1. The van der Waals surface area contributed by atoms with Crippen LogP contribution in [0.2, 0.25) is 0 Å². The van der Waals surface area contributed by atoms with E-state index < -0.39 is 9.84 Å². The number of aromatic amines is 1. The summed E-state index contributed by atoms with van der Waals surface area (Å²) in [7, 11) is -3.20. The van der Waals surface area contributed by atoms with Crippen LogP contribution in [0.15, 0.2) is 18.2 Å². The summed E-state index contributed by atoms with van der Waals surface area (Å²) < 4.78 is 29.9. The van der Waals surface area contributed by atoms with Crippen molar-refractivity contribution in [3.8, 4) is 0 Å². The predicted molar refractivity (Wildman–Crippen MR) is 77.0 cm³/mol. The number of hydrogen-bond donors (Lipinski definition) is 2. The second-order valence-corrected chi connectivity index (χ2v) is 7.36. The molecule has 0 spiro atoms. The molecule has 1 aromatic heterocycles. The zero-order valence-electron chi connectivity index (χ0n) is 11.0. The molecule has 20 heavy (non-hydrogen) atoms. The van der Waals surface area contributed by atoms with Gasteiger partial charge in [-0.25, -0.2) is 13.4 Å². The van der Waals surface area contributed by atoms with Gasteiger partial charge in [-0.05, 0) is 31.0 Å². The Morgan fingerprint density at radius 1 is 1.35 bits per heavy atom. The second kappa shape index (κ2) is 5.06. The molecular formula is C13H17N3O3S. The maximum atomic E-state index is 12.4. The van der Waals surface area contributed by atoms with E-state index in [0.717, 1.165) is 11.0 Å². The minimum atomic E-state index is -3.20. The summed E-state index contributed by atoms with van der Waals surface area (Å²) in [5.41, 5.74) is 7.82. The highest BCUT2D eigenvalue weighted by atomic mass is 32.2. The number of H-pyrrole nitrogens is 1. The van der Waals surface area contributed by atoms with Crippen molar-refractivity contribution >= 4 is 26.6 Å². The molecule has 108 valence electrons. The van der Waals surface area contributed by atoms with E-state index in [1.54, 1.807) is 18.2 Å². The highest BCUT2D eigenvalue weighted by Crippen LogP contribution is 2.21. The lowest BCUT2D eigenvalue weighted by Gasteiger charge is -2.21. The van der Waals surface area contributed by atoms with Crippen LogP contribution in [0.5, 0.6) is 0 Å². The quantitative estimate of drug-likeness (QED) is 0.830. The van der Waals surface area contributed by atoms with Crippen molar-refractivity contribution < 1.29 is 13.2 Å². The van der Waals surface area contributed by atoms with Gasteiger partial charge in [-0.1, -0.05) is 0 Å². The first-order valence-electron chi connectivity index (χ1n) is 6.58. The lowest BCUT2D eigenvalue weighted by Crippen LogP contribution is -2.30. The van der Waals surface area contributed by atoms with Gasteiger partial charge in [0.25, 0.3) is 0 Å². The van der Waals surface area contributed by atoms with Crippen LogP contribution >= 0.6 is 0 Å². The van der Waals surface area contributed by atoms with E-state index in [0.29, 0.717) is 37.6 Å². The fourth-order valence-electron chi connectivity index (χ4n) is 2.49. The van der Waals surface area contributed by atoms with E-state index in [1.165, 1.54) is 0 Å². The number of nitrogens with two attached hydrogens (primary N) is 1. The lowest BCUT2D eigenvalue weighted by molar-refractivity contribution is 0.0983. The topological polar surface area (TPSA) is 98.1 Å². The van der Waals surface area contributed by atoms with E-state index in [2.05, 4.69) is 9.97 Å². The van der Waals surface area contributed by atoms with Crippen LogP contribution < -0.4 is 5.73 Å². The minimum Gasteiger partial charge on any atom is -0.399 e. The smallest absolute Gasteiger partial charge is 0.160 e. The molecule has 0 aliphatic carbocycles. The number of nitrogens with zero attached hydrogens (tertiary/aromatic N) is 1. The van der Waals surface area contributed by atoms with Crippen molar-refractivity contribution in [3.05, 3.63) is 24.0 Å². The van der Waals surface area contributed by atoms with E-state index in [1.807, 2.05) is 0 Å². The first-order valence-corrected chi connectivity index (χ1v) is 8.29. The fourth-order valence-corrected chi connectivity index (χ4v) is 4.16. The minimum absolute atomic E-state index is 0.0632. The van der Waals surface area contributed by atoms with Crippen molar-refractivity contribution in [2.45, 2.75) is 23.8 Å². The van der Waals surface area contributed by atoms with Crippen molar-refractivity contribution in [3.63, 3.8) is 0 Å². The average molecular weight is 295 g/mol. The van der Waals surface area contributed by atoms with Crippen LogP contribution in [0, 0.1) is 0 Å². The molecule has 7 heteroatoms. The second-order valence-electron chi connectivity index (χ2n) is 5.08. The molecule has 0 saturated carbocycles. The summed E-state index contributed by atoms with van der Waals surface area (Å²) in [5, 5.41) is -0.325. The Hall–Kier alpha value is -1.60. The molecule has 0 bridgehead atoms. The Labute approximate surface area is 117 Å². The number of sulfone groups is 1. The summed E-state index contributed by atoms with van der Waals surface area (Å²) in [6.45, 7) is 1.03. The van der Waals surface area contributed by atoms with Gasteiger partial charge < -0.3 is 15.5 Å². The molecule has 1 aromatic carbocycles. The van der Waals surface area contributed by atoms with Gasteiger partial charge in [0, 0.05) is 18.9 Å². The zero-order chi connectivity index (χ0) is 14.2. The molecule has 0 amide bonds. The van der Waals surface area contributed by atoms with Crippen molar-refractivity contribution in [2.75, 3.05) is 18.9 Å². The normalized spacial score (nSPS) is 17.6. The standard InChI is InChI=1S/C13H17N3O3S/c14-9-1-2-11-12(7-9)16-13(15-11)8-20(17,18)10-3-5-19-6-4-10/h1-2,7,10H,3-6,8,14H2,(H,15,16). The van der Waals surface area contributed by atoms with E-state index in [4.69, 9.17) is 10.5 Å². The van der Waals surface area contributed by atoms with Gasteiger partial charge in [0.15, 0.2) is 9.84 Å². The zero-order valence-corrected chi connectivity index (χ0v) is 11.8. The van der Waals surface area contributed by atoms with Gasteiger partial charge in [0.2, 0.25) is 0 Å². The monoisotopic (exact) mass is 295 g/mol. The molecule has 0 unspecified atom stereocenters. The maximum absolute atomic E-state index is 12.4. The first-order chi connectivity index (χ1) is 9.54. The maximum Gasteiger partial charge on any atom is 0.160 e. The molecule has 0 radical (unpaired) electrons. The highest BCUT2D eigenvalue weighted by Gasteiger charge is 2.28. The van der Waals surface area contributed by atoms with E-state index in [-0.39, 0.29) is 11.0 Å². The lowest BCUT2D eigenvalue weighted by atomic mass is 10.2. The first kappa shape index (κ1) is 13.4. The van der Waals surface area contributed by atoms with Crippen LogP contribution in [0.1, 0.15) is 18.7 Å². The van der Waals surface area contributed by atoms with Gasteiger partial charge >= 0.3 is 0 Å². The van der Waals surface area contributed by atoms with Gasteiger partial charge in [-0.3, -0.25) is 0 Å². The third-order valence-corrected chi connectivity index (χ3v) is 5.73. The van der Waals surface area contributed by atoms with Crippen LogP contribution in [0.25, 0.3) is 11.0 Å². The number of ether oxygens (including phenoxy) is 1. The number of hydrogen-bond acceptors (Lipinski definition) is 5. The van der Waals surface area contributed by atoms with E-state index in [9.17, 15) is 8.42 Å². The third-order valence-electron chi connectivity index (χ3n) is 3.57. The Balaban J connectivity index is 1.84. The Morgan fingerprint density at radius 3 is 2.85 bits per heavy atom. The molecule has 1 saturated heterocycles. The highest BCUT2D eigenvalue weighted by molar-refractivity contribution is 7.91. The molecule has 6 nitrogen and oxygen atoms in total. The summed E-state index contributed by atoms with van der Waals surface area (Å²) in [6.07, 6.45) is 1.13. The molecule has 2 heterocycles. The summed E-state index contributed by atoms with van der Waals surface area (Å²) >= 11 is 0. The van der Waals surface area contributed by atoms with Gasteiger partial charge in [-0.2, -0.15) is 0 Å². The Kier molecular flexibility index (Phi) is 3.39. The van der Waals surface area contributed by atoms with Crippen LogP contribution in [0.4, 0.5) is 5.69 Å². The number of nitrogens with one attached hydrogen (secondary N) is 1.